The zero-order valence-electron chi connectivity index (χ0n) is 18.4. The number of hydrogen-bond donors (Lipinski definition) is 0. The first-order valence-corrected chi connectivity index (χ1v) is 12.2. The summed E-state index contributed by atoms with van der Waals surface area (Å²) in [6.07, 6.45) is 12.8. The van der Waals surface area contributed by atoms with Gasteiger partial charge in [0.25, 0.3) is 0 Å². The molecule has 160 valence electrons. The van der Waals surface area contributed by atoms with Crippen molar-refractivity contribution >= 4 is 11.6 Å². The van der Waals surface area contributed by atoms with E-state index in [4.69, 9.17) is 11.6 Å². The number of halogens is 1. The lowest BCUT2D eigenvalue weighted by atomic mass is 9.78. The molecular weight excluding hydrogens is 396 g/mol. The van der Waals surface area contributed by atoms with Gasteiger partial charge >= 0.3 is 0 Å². The third-order valence-electron chi connectivity index (χ3n) is 6.94. The lowest BCUT2D eigenvalue weighted by molar-refractivity contribution is 0.254. The van der Waals surface area contributed by atoms with E-state index in [2.05, 4.69) is 73.3 Å². The van der Waals surface area contributed by atoms with Crippen LogP contribution in [0.5, 0.6) is 0 Å². The van der Waals surface area contributed by atoms with Gasteiger partial charge in [-0.15, -0.1) is 6.58 Å². The second-order valence-corrected chi connectivity index (χ2v) is 9.51. The minimum absolute atomic E-state index is 0.775. The Balaban J connectivity index is 1.29. The third-order valence-corrected chi connectivity index (χ3v) is 7.19. The van der Waals surface area contributed by atoms with Gasteiger partial charge in [0.15, 0.2) is 0 Å². The molecule has 0 radical (unpaired) electrons. The quantitative estimate of drug-likeness (QED) is 0.313. The van der Waals surface area contributed by atoms with Crippen LogP contribution in [0.4, 0.5) is 0 Å². The minimum Gasteiger partial charge on any atom is -0.103 e. The zero-order valence-corrected chi connectivity index (χ0v) is 19.2. The lowest BCUT2D eigenvalue weighted by Crippen LogP contribution is -2.15. The molecule has 0 amide bonds. The van der Waals surface area contributed by atoms with Crippen LogP contribution in [0.3, 0.4) is 0 Å². The summed E-state index contributed by atoms with van der Waals surface area (Å²) in [5.74, 6) is 1.86. The van der Waals surface area contributed by atoms with Crippen molar-refractivity contribution in [3.8, 4) is 22.3 Å². The van der Waals surface area contributed by atoms with E-state index in [9.17, 15) is 0 Å². The monoisotopic (exact) mass is 428 g/mol. The van der Waals surface area contributed by atoms with Crippen LogP contribution in [0.25, 0.3) is 22.3 Å². The Labute approximate surface area is 193 Å². The Kier molecular flexibility index (Phi) is 7.65. The molecule has 0 atom stereocenters. The predicted octanol–water partition coefficient (Wildman–Crippen LogP) is 9.38. The van der Waals surface area contributed by atoms with Gasteiger partial charge in [0.1, 0.15) is 0 Å². The maximum Gasteiger partial charge on any atom is 0.0406 e. The standard InChI is InChI=1S/C30H33Cl/c1-2-3-4-23-5-7-24(8-6-23)9-10-25-11-13-26(14-12-25)27-15-17-28(18-16-27)29-19-21-30(31)22-20-29/h2,11-24H,1,3-10H2. The van der Waals surface area contributed by atoms with E-state index in [1.807, 2.05) is 12.1 Å². The number of benzene rings is 3. The number of rotatable bonds is 8. The second-order valence-electron chi connectivity index (χ2n) is 9.07. The van der Waals surface area contributed by atoms with E-state index < -0.39 is 0 Å². The van der Waals surface area contributed by atoms with Crippen LogP contribution < -0.4 is 0 Å². The highest BCUT2D eigenvalue weighted by atomic mass is 35.5. The fourth-order valence-corrected chi connectivity index (χ4v) is 5.02. The normalized spacial score (nSPS) is 18.6. The summed E-state index contributed by atoms with van der Waals surface area (Å²) in [7, 11) is 0. The van der Waals surface area contributed by atoms with Crippen molar-refractivity contribution < 1.29 is 0 Å². The molecule has 0 aromatic heterocycles. The van der Waals surface area contributed by atoms with Crippen LogP contribution in [0, 0.1) is 11.8 Å². The van der Waals surface area contributed by atoms with Crippen molar-refractivity contribution in [1.29, 1.82) is 0 Å². The van der Waals surface area contributed by atoms with Crippen molar-refractivity contribution in [3.63, 3.8) is 0 Å². The van der Waals surface area contributed by atoms with Gasteiger partial charge in [-0.3, -0.25) is 0 Å². The molecule has 0 nitrogen and oxygen atoms in total. The molecule has 0 heterocycles. The summed E-state index contributed by atoms with van der Waals surface area (Å²) in [4.78, 5) is 0. The SMILES string of the molecule is C=CCCC1CCC(CCc2ccc(-c3ccc(-c4ccc(Cl)cc4)cc3)cc2)CC1. The molecule has 0 aliphatic heterocycles. The average Bonchev–Trinajstić information content (AvgIpc) is 2.83. The molecule has 3 aromatic rings. The molecule has 1 aliphatic carbocycles. The summed E-state index contributed by atoms with van der Waals surface area (Å²) in [6.45, 7) is 3.86. The summed E-state index contributed by atoms with van der Waals surface area (Å²) >= 11 is 6.00. The van der Waals surface area contributed by atoms with Gasteiger partial charge in [0.05, 0.1) is 0 Å². The van der Waals surface area contributed by atoms with E-state index in [1.165, 1.54) is 79.2 Å². The topological polar surface area (TPSA) is 0 Å². The number of allylic oxidation sites excluding steroid dienone is 1. The van der Waals surface area contributed by atoms with Crippen molar-refractivity contribution in [3.05, 3.63) is 96.0 Å². The number of hydrogen-bond acceptors (Lipinski definition) is 0. The van der Waals surface area contributed by atoms with Crippen molar-refractivity contribution in [2.75, 3.05) is 0 Å². The fourth-order valence-electron chi connectivity index (χ4n) is 4.89. The maximum atomic E-state index is 6.00. The summed E-state index contributed by atoms with van der Waals surface area (Å²) < 4.78 is 0. The molecule has 0 unspecified atom stereocenters. The van der Waals surface area contributed by atoms with Gasteiger partial charge in [-0.05, 0) is 77.5 Å². The highest BCUT2D eigenvalue weighted by Gasteiger charge is 2.20. The average molecular weight is 429 g/mol. The Bertz CT molecular complexity index is 943. The molecular formula is C30H33Cl. The van der Waals surface area contributed by atoms with E-state index in [1.54, 1.807) is 0 Å². The molecule has 4 rings (SSSR count). The lowest BCUT2D eigenvalue weighted by Gasteiger charge is -2.28. The van der Waals surface area contributed by atoms with E-state index in [0.29, 0.717) is 0 Å². The van der Waals surface area contributed by atoms with Crippen LogP contribution in [-0.2, 0) is 6.42 Å². The zero-order chi connectivity index (χ0) is 21.5. The van der Waals surface area contributed by atoms with Crippen molar-refractivity contribution in [2.45, 2.75) is 51.4 Å². The first-order valence-electron chi connectivity index (χ1n) is 11.8. The first-order chi connectivity index (χ1) is 15.2. The van der Waals surface area contributed by atoms with Crippen LogP contribution in [0.1, 0.15) is 50.5 Å². The molecule has 0 bridgehead atoms. The maximum absolute atomic E-state index is 6.00. The Morgan fingerprint density at radius 2 is 1.06 bits per heavy atom. The molecule has 1 saturated carbocycles. The van der Waals surface area contributed by atoms with Gasteiger partial charge in [-0.2, -0.15) is 0 Å². The van der Waals surface area contributed by atoms with Crippen LogP contribution in [-0.4, -0.2) is 0 Å². The molecule has 1 heteroatoms. The Morgan fingerprint density at radius 1 is 0.645 bits per heavy atom. The van der Waals surface area contributed by atoms with Crippen LogP contribution >= 0.6 is 11.6 Å². The van der Waals surface area contributed by atoms with E-state index in [0.717, 1.165) is 16.9 Å². The largest absolute Gasteiger partial charge is 0.103 e. The second kappa shape index (κ2) is 10.8. The van der Waals surface area contributed by atoms with Gasteiger partial charge < -0.3 is 0 Å². The van der Waals surface area contributed by atoms with Crippen LogP contribution in [0.2, 0.25) is 5.02 Å². The van der Waals surface area contributed by atoms with E-state index in [-0.39, 0.29) is 0 Å². The molecule has 1 aliphatic rings. The van der Waals surface area contributed by atoms with Gasteiger partial charge in [-0.1, -0.05) is 104 Å². The van der Waals surface area contributed by atoms with Crippen molar-refractivity contribution in [2.24, 2.45) is 11.8 Å². The Morgan fingerprint density at radius 3 is 1.55 bits per heavy atom. The van der Waals surface area contributed by atoms with Gasteiger partial charge in [-0.25, -0.2) is 0 Å². The van der Waals surface area contributed by atoms with E-state index >= 15 is 0 Å². The smallest absolute Gasteiger partial charge is 0.0406 e. The van der Waals surface area contributed by atoms with Gasteiger partial charge in [0, 0.05) is 5.02 Å². The Hall–Kier alpha value is -2.31. The first kappa shape index (κ1) is 21.9. The highest BCUT2D eigenvalue weighted by Crippen LogP contribution is 2.34. The third kappa shape index (κ3) is 6.11. The summed E-state index contributed by atoms with van der Waals surface area (Å²) in [6, 6.07) is 26.0. The summed E-state index contributed by atoms with van der Waals surface area (Å²) in [5.41, 5.74) is 6.43. The molecule has 0 spiro atoms. The highest BCUT2D eigenvalue weighted by molar-refractivity contribution is 6.30. The number of aryl methyl sites for hydroxylation is 1. The molecule has 0 N–H and O–H groups in total. The molecule has 0 saturated heterocycles. The predicted molar refractivity (Wildman–Crippen MR) is 136 cm³/mol. The summed E-state index contributed by atoms with van der Waals surface area (Å²) in [5, 5.41) is 0.775. The van der Waals surface area contributed by atoms with Gasteiger partial charge in [0.2, 0.25) is 0 Å². The molecule has 3 aromatic carbocycles. The van der Waals surface area contributed by atoms with Crippen molar-refractivity contribution in [1.82, 2.24) is 0 Å². The minimum atomic E-state index is 0.775. The van der Waals surface area contributed by atoms with Crippen LogP contribution in [0.15, 0.2) is 85.5 Å². The fraction of sp³-hybridized carbons (Fsp3) is 0.333. The molecule has 31 heavy (non-hydrogen) atoms. The molecule has 1 fully saturated rings.